The zero-order valence-electron chi connectivity index (χ0n) is 15.3. The molecule has 0 N–H and O–H groups in total. The first-order valence-corrected chi connectivity index (χ1v) is 8.96. The van der Waals surface area contributed by atoms with E-state index in [1.807, 2.05) is 7.05 Å². The zero-order chi connectivity index (χ0) is 18.0. The summed E-state index contributed by atoms with van der Waals surface area (Å²) in [5.41, 5.74) is 0.0588. The van der Waals surface area contributed by atoms with Crippen molar-refractivity contribution in [1.29, 1.82) is 0 Å². The Labute approximate surface area is 148 Å². The summed E-state index contributed by atoms with van der Waals surface area (Å²) in [6.45, 7) is 0.968. The van der Waals surface area contributed by atoms with E-state index in [1.54, 1.807) is 16.8 Å². The average Bonchev–Trinajstić information content (AvgIpc) is 3.15. The lowest BCUT2D eigenvalue weighted by Gasteiger charge is -2.46. The molecule has 1 heterocycles. The third-order valence-corrected chi connectivity index (χ3v) is 5.89. The lowest BCUT2D eigenvalue weighted by atomic mass is 9.60. The van der Waals surface area contributed by atoms with Gasteiger partial charge in [-0.25, -0.2) is 0 Å². The van der Waals surface area contributed by atoms with Gasteiger partial charge in [-0.1, -0.05) is 0 Å². The van der Waals surface area contributed by atoms with Gasteiger partial charge >= 0.3 is 6.08 Å². The Hall–Kier alpha value is -2.05. The van der Waals surface area contributed by atoms with Crippen molar-refractivity contribution < 1.29 is 18.7 Å². The number of rotatable bonds is 6. The molecule has 0 radical (unpaired) electrons. The van der Waals surface area contributed by atoms with Crippen LogP contribution in [0.15, 0.2) is 10.7 Å². The van der Waals surface area contributed by atoms with Crippen LogP contribution in [0, 0.1) is 11.3 Å². The maximum absolute atomic E-state index is 12.9. The van der Waals surface area contributed by atoms with E-state index >= 15 is 0 Å². The van der Waals surface area contributed by atoms with E-state index in [-0.39, 0.29) is 29.0 Å². The van der Waals surface area contributed by atoms with Crippen LogP contribution in [0.3, 0.4) is 0 Å². The standard InChI is InChI=1S/C18H27N3O4/c1-20(15(22)14-12-25-17(19-14)24-3)10-11-21(2)16(23)18-7-4-13(5-8-18)6-9-18/h12-13H,4-11H2,1-3H3. The second kappa shape index (κ2) is 7.06. The number of oxazole rings is 1. The summed E-state index contributed by atoms with van der Waals surface area (Å²) in [4.78, 5) is 32.6. The van der Waals surface area contributed by atoms with Gasteiger partial charge in [-0.15, -0.1) is 0 Å². The Morgan fingerprint density at radius 3 is 2.36 bits per heavy atom. The van der Waals surface area contributed by atoms with Crippen molar-refractivity contribution >= 4 is 11.8 Å². The largest absolute Gasteiger partial charge is 0.454 e. The van der Waals surface area contributed by atoms with Crippen molar-refractivity contribution in [2.45, 2.75) is 38.5 Å². The van der Waals surface area contributed by atoms with E-state index in [2.05, 4.69) is 4.98 Å². The fourth-order valence-electron chi connectivity index (χ4n) is 4.12. The molecule has 3 aliphatic carbocycles. The third kappa shape index (κ3) is 3.50. The smallest absolute Gasteiger partial charge is 0.393 e. The Balaban J connectivity index is 1.53. The van der Waals surface area contributed by atoms with Crippen LogP contribution in [0.2, 0.25) is 0 Å². The van der Waals surface area contributed by atoms with Crippen molar-refractivity contribution in [3.05, 3.63) is 12.0 Å². The molecule has 0 aliphatic heterocycles. The molecule has 138 valence electrons. The van der Waals surface area contributed by atoms with Gasteiger partial charge in [0.05, 0.1) is 7.11 Å². The predicted octanol–water partition coefficient (Wildman–Crippen LogP) is 2.18. The van der Waals surface area contributed by atoms with Crippen molar-refractivity contribution in [3.8, 4) is 6.08 Å². The van der Waals surface area contributed by atoms with E-state index < -0.39 is 0 Å². The Bertz CT molecular complexity index is 620. The maximum Gasteiger partial charge on any atom is 0.393 e. The number of ether oxygens (including phenoxy) is 1. The number of nitrogens with zero attached hydrogens (tertiary/aromatic N) is 3. The molecule has 0 unspecified atom stereocenters. The molecule has 0 saturated heterocycles. The van der Waals surface area contributed by atoms with Crippen LogP contribution in [0.4, 0.5) is 0 Å². The van der Waals surface area contributed by atoms with Gasteiger partial charge in [0.15, 0.2) is 5.69 Å². The maximum atomic E-state index is 12.9. The fourth-order valence-corrected chi connectivity index (χ4v) is 4.12. The van der Waals surface area contributed by atoms with Gasteiger partial charge in [-0.05, 0) is 44.4 Å². The Morgan fingerprint density at radius 2 is 1.80 bits per heavy atom. The van der Waals surface area contributed by atoms with Crippen LogP contribution in [-0.4, -0.2) is 60.9 Å². The van der Waals surface area contributed by atoms with Gasteiger partial charge in [0, 0.05) is 32.6 Å². The molecule has 3 saturated carbocycles. The third-order valence-electron chi connectivity index (χ3n) is 5.89. The molecule has 0 spiro atoms. The van der Waals surface area contributed by atoms with Gasteiger partial charge < -0.3 is 19.0 Å². The van der Waals surface area contributed by atoms with Crippen LogP contribution in [0.1, 0.15) is 49.0 Å². The number of likely N-dealkylation sites (N-methyl/N-ethyl adjacent to an activating group) is 2. The summed E-state index contributed by atoms with van der Waals surface area (Å²) in [6, 6.07) is 0. The van der Waals surface area contributed by atoms with Gasteiger partial charge in [0.25, 0.3) is 5.91 Å². The number of carbonyl (C=O) groups excluding carboxylic acids is 2. The van der Waals surface area contributed by atoms with Crippen LogP contribution in [0.25, 0.3) is 0 Å². The predicted molar refractivity (Wildman–Crippen MR) is 91.3 cm³/mol. The number of hydrogen-bond acceptors (Lipinski definition) is 5. The van der Waals surface area contributed by atoms with Crippen LogP contribution in [-0.2, 0) is 4.79 Å². The first kappa shape index (κ1) is 17.8. The molecule has 1 aromatic heterocycles. The molecule has 3 aliphatic rings. The fraction of sp³-hybridized carbons (Fsp3) is 0.722. The lowest BCUT2D eigenvalue weighted by Crippen LogP contribution is -2.49. The summed E-state index contributed by atoms with van der Waals surface area (Å²) in [7, 11) is 4.98. The number of fused-ring (bicyclic) bond motifs is 3. The van der Waals surface area contributed by atoms with Crippen molar-refractivity contribution in [1.82, 2.24) is 14.8 Å². The summed E-state index contributed by atoms with van der Waals surface area (Å²) < 4.78 is 9.86. The van der Waals surface area contributed by atoms with Gasteiger partial charge in [0.2, 0.25) is 5.91 Å². The molecular formula is C18H27N3O4. The second-order valence-electron chi connectivity index (χ2n) is 7.42. The molecule has 7 heteroatoms. The molecule has 25 heavy (non-hydrogen) atoms. The van der Waals surface area contributed by atoms with Crippen molar-refractivity contribution in [2.75, 3.05) is 34.3 Å². The molecule has 1 aromatic rings. The number of carbonyl (C=O) groups is 2. The summed E-state index contributed by atoms with van der Waals surface area (Å²) >= 11 is 0. The highest BCUT2D eigenvalue weighted by atomic mass is 16.6. The van der Waals surface area contributed by atoms with E-state index in [9.17, 15) is 9.59 Å². The van der Waals surface area contributed by atoms with Gasteiger partial charge in [0.1, 0.15) is 6.26 Å². The number of methoxy groups -OCH3 is 1. The minimum atomic E-state index is -0.246. The summed E-state index contributed by atoms with van der Waals surface area (Å²) in [5, 5.41) is 0. The molecule has 7 nitrogen and oxygen atoms in total. The minimum Gasteiger partial charge on any atom is -0.454 e. The average molecular weight is 349 g/mol. The highest BCUT2D eigenvalue weighted by Gasteiger charge is 2.46. The quantitative estimate of drug-likeness (QED) is 0.787. The molecule has 3 fully saturated rings. The van der Waals surface area contributed by atoms with Crippen molar-refractivity contribution in [2.24, 2.45) is 11.3 Å². The molecule has 0 atom stereocenters. The SMILES string of the molecule is COc1nc(C(=O)N(C)CCN(C)C(=O)C23CCC(CC2)CC3)co1. The van der Waals surface area contributed by atoms with E-state index in [4.69, 9.17) is 9.15 Å². The molecule has 2 bridgehead atoms. The van der Waals surface area contributed by atoms with E-state index in [0.29, 0.717) is 13.1 Å². The minimum absolute atomic E-state index is 0.0658. The van der Waals surface area contributed by atoms with Crippen LogP contribution < -0.4 is 4.74 Å². The monoisotopic (exact) mass is 349 g/mol. The Kier molecular flexibility index (Phi) is 5.01. The first-order chi connectivity index (χ1) is 11.9. The normalized spacial score (nSPS) is 24.8. The van der Waals surface area contributed by atoms with E-state index in [0.717, 1.165) is 25.2 Å². The number of amides is 2. The lowest BCUT2D eigenvalue weighted by molar-refractivity contribution is -0.147. The highest BCUT2D eigenvalue weighted by molar-refractivity contribution is 5.92. The molecule has 4 rings (SSSR count). The first-order valence-electron chi connectivity index (χ1n) is 8.96. The summed E-state index contributed by atoms with van der Waals surface area (Å²) in [6.07, 6.45) is 7.98. The van der Waals surface area contributed by atoms with Gasteiger partial charge in [-0.3, -0.25) is 9.59 Å². The second-order valence-corrected chi connectivity index (χ2v) is 7.42. The summed E-state index contributed by atoms with van der Waals surface area (Å²) in [5.74, 6) is 0.835. The number of hydrogen-bond donors (Lipinski definition) is 0. The van der Waals surface area contributed by atoms with E-state index in [1.165, 1.54) is 32.6 Å². The molecule has 0 aromatic carbocycles. The molecular weight excluding hydrogens is 322 g/mol. The molecule has 2 amide bonds. The van der Waals surface area contributed by atoms with Crippen LogP contribution in [0.5, 0.6) is 6.08 Å². The van der Waals surface area contributed by atoms with Crippen LogP contribution >= 0.6 is 0 Å². The number of aromatic nitrogens is 1. The highest BCUT2D eigenvalue weighted by Crippen LogP contribution is 2.51. The Morgan fingerprint density at radius 1 is 1.20 bits per heavy atom. The topological polar surface area (TPSA) is 75.9 Å². The van der Waals surface area contributed by atoms with Gasteiger partial charge in [-0.2, -0.15) is 4.98 Å². The van der Waals surface area contributed by atoms with Crippen molar-refractivity contribution in [3.63, 3.8) is 0 Å². The zero-order valence-corrected chi connectivity index (χ0v) is 15.3.